The SMILES string of the molecule is O=C(Nc1cccc(C(F)(F)F)c1)NC(Cc1ccccc1)(C(F)(F)F)C(F)(F)F. The number of carbonyl (C=O) groups excluding carboxylic acids is 1. The molecule has 164 valence electrons. The van der Waals surface area contributed by atoms with Gasteiger partial charge >= 0.3 is 24.6 Å². The third-order valence-electron chi connectivity index (χ3n) is 4.05. The minimum absolute atomic E-state index is 0.369. The minimum Gasteiger partial charge on any atom is -0.316 e. The summed E-state index contributed by atoms with van der Waals surface area (Å²) < 4.78 is 120. The van der Waals surface area contributed by atoms with Crippen LogP contribution in [-0.4, -0.2) is 23.9 Å². The molecule has 0 unspecified atom stereocenters. The Morgan fingerprint density at radius 3 is 1.83 bits per heavy atom. The highest BCUT2D eigenvalue weighted by molar-refractivity contribution is 5.90. The first-order valence-corrected chi connectivity index (χ1v) is 8.09. The molecule has 0 aliphatic carbocycles. The van der Waals surface area contributed by atoms with Gasteiger partial charge in [-0.15, -0.1) is 0 Å². The van der Waals surface area contributed by atoms with Crippen molar-refractivity contribution in [3.8, 4) is 0 Å². The Morgan fingerprint density at radius 1 is 0.767 bits per heavy atom. The fourth-order valence-electron chi connectivity index (χ4n) is 2.58. The average molecular weight is 444 g/mol. The zero-order chi connectivity index (χ0) is 22.8. The molecular formula is C18H13F9N2O. The van der Waals surface area contributed by atoms with Crippen molar-refractivity contribution in [2.75, 3.05) is 5.32 Å². The second-order valence-corrected chi connectivity index (χ2v) is 6.22. The molecule has 0 fully saturated rings. The Labute approximate surface area is 163 Å². The molecule has 0 radical (unpaired) electrons. The number of benzene rings is 2. The second kappa shape index (κ2) is 8.07. The van der Waals surface area contributed by atoms with Crippen molar-refractivity contribution in [1.82, 2.24) is 5.32 Å². The molecule has 0 heterocycles. The monoisotopic (exact) mass is 444 g/mol. The van der Waals surface area contributed by atoms with E-state index in [0.717, 1.165) is 29.6 Å². The number of amides is 2. The maximum absolute atomic E-state index is 13.6. The molecule has 0 aromatic heterocycles. The first-order chi connectivity index (χ1) is 13.7. The molecule has 2 aromatic carbocycles. The minimum atomic E-state index is -5.97. The number of carbonyl (C=O) groups is 1. The summed E-state index contributed by atoms with van der Waals surface area (Å²) in [7, 11) is 0. The number of urea groups is 1. The Hall–Kier alpha value is -2.92. The van der Waals surface area contributed by atoms with Crippen molar-refractivity contribution in [1.29, 1.82) is 0 Å². The van der Waals surface area contributed by atoms with Gasteiger partial charge in [-0.1, -0.05) is 36.4 Å². The van der Waals surface area contributed by atoms with Gasteiger partial charge in [0.1, 0.15) is 0 Å². The summed E-state index contributed by atoms with van der Waals surface area (Å²) in [6, 6.07) is 6.58. The number of hydrogen-bond donors (Lipinski definition) is 2. The van der Waals surface area contributed by atoms with Gasteiger partial charge < -0.3 is 10.6 Å². The van der Waals surface area contributed by atoms with E-state index in [1.807, 2.05) is 0 Å². The molecule has 2 N–H and O–H groups in total. The Morgan fingerprint density at radius 2 is 1.33 bits per heavy atom. The molecule has 2 rings (SSSR count). The normalized spacial score (nSPS) is 13.1. The van der Waals surface area contributed by atoms with E-state index < -0.39 is 47.8 Å². The van der Waals surface area contributed by atoms with Crippen LogP contribution in [0, 0.1) is 0 Å². The quantitative estimate of drug-likeness (QED) is 0.564. The Balaban J connectivity index is 2.37. The third-order valence-corrected chi connectivity index (χ3v) is 4.05. The Kier molecular flexibility index (Phi) is 6.29. The van der Waals surface area contributed by atoms with Crippen LogP contribution in [0.3, 0.4) is 0 Å². The maximum Gasteiger partial charge on any atom is 0.420 e. The second-order valence-electron chi connectivity index (χ2n) is 6.22. The number of rotatable bonds is 4. The van der Waals surface area contributed by atoms with Crippen molar-refractivity contribution in [3.63, 3.8) is 0 Å². The summed E-state index contributed by atoms with van der Waals surface area (Å²) in [5.74, 6) is 0. The smallest absolute Gasteiger partial charge is 0.316 e. The van der Waals surface area contributed by atoms with Crippen molar-refractivity contribution in [3.05, 3.63) is 65.7 Å². The zero-order valence-electron chi connectivity index (χ0n) is 14.7. The van der Waals surface area contributed by atoms with Gasteiger partial charge in [0.05, 0.1) is 5.56 Å². The van der Waals surface area contributed by atoms with Crippen molar-refractivity contribution >= 4 is 11.7 Å². The van der Waals surface area contributed by atoms with Crippen LogP contribution < -0.4 is 10.6 Å². The van der Waals surface area contributed by atoms with Gasteiger partial charge in [0, 0.05) is 12.1 Å². The molecule has 0 bridgehead atoms. The van der Waals surface area contributed by atoms with E-state index in [1.165, 1.54) is 18.2 Å². The molecule has 0 atom stereocenters. The maximum atomic E-state index is 13.6. The highest BCUT2D eigenvalue weighted by atomic mass is 19.4. The highest BCUT2D eigenvalue weighted by Gasteiger charge is 2.71. The van der Waals surface area contributed by atoms with Gasteiger partial charge in [-0.2, -0.15) is 39.5 Å². The van der Waals surface area contributed by atoms with Gasteiger partial charge in [-0.05, 0) is 23.8 Å². The number of alkyl halides is 9. The van der Waals surface area contributed by atoms with Crippen LogP contribution in [0.1, 0.15) is 11.1 Å². The molecule has 12 heteroatoms. The van der Waals surface area contributed by atoms with Gasteiger partial charge in [0.15, 0.2) is 0 Å². The first-order valence-electron chi connectivity index (χ1n) is 8.09. The molecule has 0 saturated carbocycles. The third kappa shape index (κ3) is 5.16. The molecule has 0 aliphatic heterocycles. The van der Waals surface area contributed by atoms with E-state index in [2.05, 4.69) is 0 Å². The molecule has 30 heavy (non-hydrogen) atoms. The van der Waals surface area contributed by atoms with E-state index in [1.54, 1.807) is 5.32 Å². The average Bonchev–Trinajstić information content (AvgIpc) is 2.59. The lowest BCUT2D eigenvalue weighted by molar-refractivity contribution is -0.303. The van der Waals surface area contributed by atoms with Crippen LogP contribution in [0.2, 0.25) is 0 Å². The van der Waals surface area contributed by atoms with Crippen LogP contribution in [0.25, 0.3) is 0 Å². The number of halogens is 9. The Bertz CT molecular complexity index is 860. The largest absolute Gasteiger partial charge is 0.420 e. The summed E-state index contributed by atoms with van der Waals surface area (Å²) in [5, 5.41) is 2.47. The van der Waals surface area contributed by atoms with Crippen LogP contribution in [-0.2, 0) is 12.6 Å². The first kappa shape index (κ1) is 23.4. The van der Waals surface area contributed by atoms with E-state index in [-0.39, 0.29) is 5.56 Å². The topological polar surface area (TPSA) is 41.1 Å². The lowest BCUT2D eigenvalue weighted by atomic mass is 9.89. The van der Waals surface area contributed by atoms with Crippen LogP contribution >= 0.6 is 0 Å². The fraction of sp³-hybridized carbons (Fsp3) is 0.278. The summed E-state index contributed by atoms with van der Waals surface area (Å²) in [5.41, 5.74) is -6.93. The molecule has 0 aliphatic rings. The summed E-state index contributed by atoms with van der Waals surface area (Å²) in [4.78, 5) is 12.0. The van der Waals surface area contributed by atoms with Gasteiger partial charge in [0.25, 0.3) is 0 Å². The molecule has 3 nitrogen and oxygen atoms in total. The molecule has 0 spiro atoms. The van der Waals surface area contributed by atoms with Crippen molar-refractivity contribution in [2.45, 2.75) is 30.5 Å². The standard InChI is InChI=1S/C18H13F9N2O/c19-16(20,21)12-7-4-8-13(9-12)28-14(30)29-15(17(22,23)24,18(25,26)27)10-11-5-2-1-3-6-11/h1-9H,10H2,(H2,28,29,30). The van der Waals surface area contributed by atoms with Gasteiger partial charge in [-0.3, -0.25) is 0 Å². The van der Waals surface area contributed by atoms with Gasteiger partial charge in [0.2, 0.25) is 5.54 Å². The number of anilines is 1. The predicted molar refractivity (Wildman–Crippen MR) is 88.6 cm³/mol. The number of hydrogen-bond acceptors (Lipinski definition) is 1. The van der Waals surface area contributed by atoms with E-state index in [4.69, 9.17) is 0 Å². The molecule has 0 saturated heterocycles. The fourth-order valence-corrected chi connectivity index (χ4v) is 2.58. The van der Waals surface area contributed by atoms with E-state index >= 15 is 0 Å². The summed E-state index contributed by atoms with van der Waals surface area (Å²) in [6.07, 6.45) is -18.4. The number of nitrogens with one attached hydrogen (secondary N) is 2. The van der Waals surface area contributed by atoms with E-state index in [9.17, 15) is 44.3 Å². The molecule has 2 aromatic rings. The van der Waals surface area contributed by atoms with Crippen molar-refractivity contribution < 1.29 is 44.3 Å². The van der Waals surface area contributed by atoms with Crippen molar-refractivity contribution in [2.24, 2.45) is 0 Å². The van der Waals surface area contributed by atoms with E-state index in [0.29, 0.717) is 12.1 Å². The molecular weight excluding hydrogens is 431 g/mol. The van der Waals surface area contributed by atoms with Crippen LogP contribution in [0.15, 0.2) is 54.6 Å². The lowest BCUT2D eigenvalue weighted by Crippen LogP contribution is -2.69. The summed E-state index contributed by atoms with van der Waals surface area (Å²) in [6.45, 7) is 0. The van der Waals surface area contributed by atoms with Gasteiger partial charge in [-0.25, -0.2) is 4.79 Å². The highest BCUT2D eigenvalue weighted by Crippen LogP contribution is 2.45. The summed E-state index contributed by atoms with van der Waals surface area (Å²) >= 11 is 0. The predicted octanol–water partition coefficient (Wildman–Crippen LogP) is 5.93. The zero-order valence-corrected chi connectivity index (χ0v) is 14.7. The van der Waals surface area contributed by atoms with Crippen LogP contribution in [0.4, 0.5) is 50.0 Å². The molecule has 2 amide bonds. The lowest BCUT2D eigenvalue weighted by Gasteiger charge is -2.38. The van der Waals surface area contributed by atoms with Crippen LogP contribution in [0.5, 0.6) is 0 Å².